The summed E-state index contributed by atoms with van der Waals surface area (Å²) >= 11 is 5.74. The molecule has 0 spiro atoms. The number of halogens is 1. The molecule has 0 aliphatic rings. The van der Waals surface area contributed by atoms with E-state index in [1.807, 2.05) is 6.07 Å². The van der Waals surface area contributed by atoms with E-state index >= 15 is 0 Å². The maximum absolute atomic E-state index is 8.59. The van der Waals surface area contributed by atoms with E-state index in [9.17, 15) is 0 Å². The Morgan fingerprint density at radius 3 is 2.86 bits per heavy atom. The minimum atomic E-state index is -0.260. The van der Waals surface area contributed by atoms with Crippen molar-refractivity contribution in [3.63, 3.8) is 0 Å². The second-order valence-electron chi connectivity index (χ2n) is 2.29. The van der Waals surface area contributed by atoms with Crippen molar-refractivity contribution in [3.05, 3.63) is 28.8 Å². The highest BCUT2D eigenvalue weighted by Crippen LogP contribution is 2.21. The second-order valence-corrected chi connectivity index (χ2v) is 2.70. The zero-order chi connectivity index (χ0) is 10.4. The molecule has 0 saturated heterocycles. The van der Waals surface area contributed by atoms with Crippen LogP contribution in [0.3, 0.4) is 0 Å². The Morgan fingerprint density at radius 1 is 1.50 bits per heavy atom. The van der Waals surface area contributed by atoms with Crippen molar-refractivity contribution in [2.45, 2.75) is 0 Å². The summed E-state index contributed by atoms with van der Waals surface area (Å²) in [6.45, 7) is -0.260. The van der Waals surface area contributed by atoms with Gasteiger partial charge >= 0.3 is 0 Å². The average Bonchev–Trinajstić information content (AvgIpc) is 2.18. The summed E-state index contributed by atoms with van der Waals surface area (Å²) in [5, 5.41) is 17.3. The maximum atomic E-state index is 8.59. The second kappa shape index (κ2) is 5.14. The van der Waals surface area contributed by atoms with E-state index in [4.69, 9.17) is 26.7 Å². The van der Waals surface area contributed by atoms with Crippen LogP contribution in [0.5, 0.6) is 5.75 Å². The molecule has 14 heavy (non-hydrogen) atoms. The van der Waals surface area contributed by atoms with Gasteiger partial charge in [-0.25, -0.2) is 0 Å². The van der Waals surface area contributed by atoms with E-state index in [0.29, 0.717) is 16.3 Å². The molecular weight excluding hydrogens is 202 g/mol. The van der Waals surface area contributed by atoms with E-state index in [-0.39, 0.29) is 6.61 Å². The fourth-order valence-electron chi connectivity index (χ4n) is 0.777. The summed E-state index contributed by atoms with van der Waals surface area (Å²) in [5.41, 5.74) is 0.383. The Bertz CT molecular complexity index is 426. The van der Waals surface area contributed by atoms with Gasteiger partial charge in [0.1, 0.15) is 24.5 Å². The third-order valence-corrected chi connectivity index (χ3v) is 1.69. The highest BCUT2D eigenvalue weighted by atomic mass is 35.5. The van der Waals surface area contributed by atoms with Gasteiger partial charge in [0.05, 0.1) is 10.6 Å². The fraction of sp³-hybridized carbons (Fsp3) is 0.100. The smallest absolute Gasteiger partial charge is 0.141 e. The van der Waals surface area contributed by atoms with Gasteiger partial charge in [0.2, 0.25) is 0 Å². The van der Waals surface area contributed by atoms with Crippen molar-refractivity contribution >= 4 is 11.6 Å². The zero-order valence-electron chi connectivity index (χ0n) is 7.12. The molecule has 0 heterocycles. The molecule has 1 rings (SSSR count). The molecule has 1 aromatic rings. The van der Waals surface area contributed by atoms with Crippen LogP contribution in [0.1, 0.15) is 5.56 Å². The average molecular weight is 208 g/mol. The van der Waals surface area contributed by atoms with Crippen LogP contribution in [0, 0.1) is 23.4 Å². The molecule has 70 valence electrons. The first kappa shape index (κ1) is 10.4. The maximum Gasteiger partial charge on any atom is 0.141 e. The third kappa shape index (κ3) is 2.67. The SMILES string of the molecule is N#Cc1ccc(OC#CCO)cc1Cl. The molecule has 0 bridgehead atoms. The molecule has 1 N–H and O–H groups in total. The van der Waals surface area contributed by atoms with Crippen LogP contribution in [0.4, 0.5) is 0 Å². The predicted molar refractivity (Wildman–Crippen MR) is 51.7 cm³/mol. The Labute approximate surface area is 86.5 Å². The molecule has 0 radical (unpaired) electrons. The van der Waals surface area contributed by atoms with Crippen molar-refractivity contribution in [1.82, 2.24) is 0 Å². The lowest BCUT2D eigenvalue weighted by Gasteiger charge is -1.98. The van der Waals surface area contributed by atoms with Crippen LogP contribution in [-0.2, 0) is 0 Å². The van der Waals surface area contributed by atoms with Crippen molar-refractivity contribution in [2.75, 3.05) is 6.61 Å². The molecule has 1 aromatic carbocycles. The van der Waals surface area contributed by atoms with Crippen LogP contribution in [0.2, 0.25) is 5.02 Å². The third-order valence-electron chi connectivity index (χ3n) is 1.38. The van der Waals surface area contributed by atoms with Gasteiger partial charge in [0, 0.05) is 6.07 Å². The Morgan fingerprint density at radius 2 is 2.29 bits per heavy atom. The largest absolute Gasteiger partial charge is 0.407 e. The number of aliphatic hydroxyl groups excluding tert-OH is 1. The van der Waals surface area contributed by atoms with Crippen LogP contribution in [-0.4, -0.2) is 11.7 Å². The number of nitrogens with zero attached hydrogens (tertiary/aromatic N) is 1. The zero-order valence-corrected chi connectivity index (χ0v) is 7.88. The van der Waals surface area contributed by atoms with Gasteiger partial charge < -0.3 is 9.84 Å². The molecule has 0 unspecified atom stereocenters. The standard InChI is InChI=1S/C10H6ClNO2/c11-10-6-9(14-5-1-4-13)3-2-8(10)7-12/h2-3,6,13H,4H2. The van der Waals surface area contributed by atoms with Crippen LogP contribution in [0.25, 0.3) is 0 Å². The van der Waals surface area contributed by atoms with Crippen molar-refractivity contribution < 1.29 is 9.84 Å². The van der Waals surface area contributed by atoms with Gasteiger partial charge in [-0.1, -0.05) is 11.6 Å². The van der Waals surface area contributed by atoms with Gasteiger partial charge in [0.25, 0.3) is 0 Å². The highest BCUT2D eigenvalue weighted by Gasteiger charge is 2.00. The predicted octanol–water partition coefficient (Wildman–Crippen LogP) is 1.54. The van der Waals surface area contributed by atoms with Crippen molar-refractivity contribution in [3.8, 4) is 23.8 Å². The van der Waals surface area contributed by atoms with Crippen molar-refractivity contribution in [1.29, 1.82) is 5.26 Å². The lowest BCUT2D eigenvalue weighted by atomic mass is 10.2. The summed E-state index contributed by atoms with van der Waals surface area (Å²) in [6, 6.07) is 6.54. The minimum Gasteiger partial charge on any atom is -0.407 e. The Kier molecular flexibility index (Phi) is 3.82. The van der Waals surface area contributed by atoms with Gasteiger partial charge in [-0.15, -0.1) is 0 Å². The summed E-state index contributed by atoms with van der Waals surface area (Å²) in [6.07, 6.45) is 2.27. The van der Waals surface area contributed by atoms with E-state index in [2.05, 4.69) is 12.0 Å². The fourth-order valence-corrected chi connectivity index (χ4v) is 0.990. The molecular formula is C10H6ClNO2. The number of aliphatic hydroxyl groups is 1. The number of ether oxygens (including phenoxy) is 1. The Hall–Kier alpha value is -1.68. The summed E-state index contributed by atoms with van der Waals surface area (Å²) in [4.78, 5) is 0. The Balaban J connectivity index is 2.82. The highest BCUT2D eigenvalue weighted by molar-refractivity contribution is 6.31. The normalized spacial score (nSPS) is 8.36. The van der Waals surface area contributed by atoms with Gasteiger partial charge in [-0.3, -0.25) is 0 Å². The van der Waals surface area contributed by atoms with E-state index in [1.54, 1.807) is 6.07 Å². The minimum absolute atomic E-state index is 0.260. The number of hydrogen-bond donors (Lipinski definition) is 1. The molecule has 0 aliphatic carbocycles. The van der Waals surface area contributed by atoms with Crippen LogP contribution >= 0.6 is 11.6 Å². The first-order valence-electron chi connectivity index (χ1n) is 3.73. The van der Waals surface area contributed by atoms with Gasteiger partial charge in [0.15, 0.2) is 0 Å². The first-order chi connectivity index (χ1) is 6.77. The first-order valence-corrected chi connectivity index (χ1v) is 4.11. The molecule has 4 heteroatoms. The molecule has 0 saturated carbocycles. The number of hydrogen-bond acceptors (Lipinski definition) is 3. The monoisotopic (exact) mass is 207 g/mol. The number of rotatable bonds is 1. The van der Waals surface area contributed by atoms with Crippen molar-refractivity contribution in [2.24, 2.45) is 0 Å². The lowest BCUT2D eigenvalue weighted by molar-refractivity contribution is 0.349. The van der Waals surface area contributed by atoms with Gasteiger partial charge in [-0.05, 0) is 18.1 Å². The van der Waals surface area contributed by atoms with E-state index < -0.39 is 0 Å². The quantitative estimate of drug-likeness (QED) is 0.711. The van der Waals surface area contributed by atoms with Crippen LogP contribution < -0.4 is 4.74 Å². The van der Waals surface area contributed by atoms with Crippen LogP contribution in [0.15, 0.2) is 18.2 Å². The molecule has 3 nitrogen and oxygen atoms in total. The molecule has 0 atom stereocenters. The molecule has 0 aromatic heterocycles. The molecule has 0 amide bonds. The summed E-state index contributed by atoms with van der Waals surface area (Å²) < 4.78 is 4.91. The van der Waals surface area contributed by atoms with E-state index in [1.165, 1.54) is 12.1 Å². The lowest BCUT2D eigenvalue weighted by Crippen LogP contribution is -1.85. The summed E-state index contributed by atoms with van der Waals surface area (Å²) in [5.74, 6) is 2.76. The summed E-state index contributed by atoms with van der Waals surface area (Å²) in [7, 11) is 0. The number of benzene rings is 1. The molecule has 0 aliphatic heterocycles. The topological polar surface area (TPSA) is 53.2 Å². The van der Waals surface area contributed by atoms with Gasteiger partial charge in [-0.2, -0.15) is 5.26 Å². The number of nitriles is 1. The molecule has 0 fully saturated rings. The van der Waals surface area contributed by atoms with E-state index in [0.717, 1.165) is 0 Å².